The van der Waals surface area contributed by atoms with Crippen LogP contribution in [-0.4, -0.2) is 17.3 Å². The first-order chi connectivity index (χ1) is 8.74. The third-order valence-corrected chi connectivity index (χ3v) is 4.90. The minimum absolute atomic E-state index is 0.688. The lowest BCUT2D eigenvalue weighted by Gasteiger charge is -2.35. The molecule has 2 aliphatic rings. The first kappa shape index (κ1) is 12.7. The Morgan fingerprint density at radius 3 is 2.67 bits per heavy atom. The smallest absolute Gasteiger partial charge is 0.0918 e. The molecular formula is C14H16Br2N2. The van der Waals surface area contributed by atoms with Gasteiger partial charge in [0.25, 0.3) is 0 Å². The maximum Gasteiger partial charge on any atom is 0.0918 e. The molecule has 1 aliphatic carbocycles. The van der Waals surface area contributed by atoms with Crippen molar-refractivity contribution in [2.24, 2.45) is 4.99 Å². The Labute approximate surface area is 125 Å². The minimum Gasteiger partial charge on any atom is -0.355 e. The lowest BCUT2D eigenvalue weighted by molar-refractivity contribution is 0.242. The van der Waals surface area contributed by atoms with Crippen molar-refractivity contribution in [1.29, 1.82) is 0 Å². The molecule has 0 unspecified atom stereocenters. The van der Waals surface area contributed by atoms with Gasteiger partial charge in [0.1, 0.15) is 0 Å². The molecule has 0 radical (unpaired) electrons. The fourth-order valence-corrected chi connectivity index (χ4v) is 4.31. The van der Waals surface area contributed by atoms with Gasteiger partial charge >= 0.3 is 0 Å². The van der Waals surface area contributed by atoms with Crippen molar-refractivity contribution in [1.82, 2.24) is 4.90 Å². The van der Waals surface area contributed by atoms with Gasteiger partial charge in [-0.15, -0.1) is 0 Å². The van der Waals surface area contributed by atoms with Gasteiger partial charge < -0.3 is 4.90 Å². The van der Waals surface area contributed by atoms with Crippen LogP contribution in [0.15, 0.2) is 26.1 Å². The average Bonchev–Trinajstić information content (AvgIpc) is 2.39. The molecule has 1 heterocycles. The predicted octanol–water partition coefficient (Wildman–Crippen LogP) is 5.02. The molecular weight excluding hydrogens is 356 g/mol. The molecule has 0 bridgehead atoms. The lowest BCUT2D eigenvalue weighted by atomic mass is 9.94. The Balaban J connectivity index is 1.84. The number of aliphatic imine (C=N–C) groups is 1. The zero-order chi connectivity index (χ0) is 12.5. The largest absolute Gasteiger partial charge is 0.355 e. The molecule has 1 aromatic carbocycles. The molecule has 0 aromatic heterocycles. The van der Waals surface area contributed by atoms with Crippen molar-refractivity contribution in [3.05, 3.63) is 26.6 Å². The molecule has 2 nitrogen and oxygen atoms in total. The first-order valence-electron chi connectivity index (χ1n) is 6.52. The van der Waals surface area contributed by atoms with Gasteiger partial charge in [-0.25, -0.2) is 4.99 Å². The second kappa shape index (κ2) is 5.33. The van der Waals surface area contributed by atoms with Gasteiger partial charge in [-0.1, -0.05) is 35.2 Å². The third-order valence-electron chi connectivity index (χ3n) is 3.84. The van der Waals surface area contributed by atoms with Gasteiger partial charge in [-0.05, 0) is 46.5 Å². The summed E-state index contributed by atoms with van der Waals surface area (Å²) in [6.45, 7) is 0.988. The van der Waals surface area contributed by atoms with E-state index in [4.69, 9.17) is 0 Å². The van der Waals surface area contributed by atoms with Crippen LogP contribution < -0.4 is 0 Å². The molecule has 4 heteroatoms. The normalized spacial score (nSPS) is 20.0. The van der Waals surface area contributed by atoms with E-state index in [1.807, 2.05) is 6.34 Å². The van der Waals surface area contributed by atoms with Gasteiger partial charge in [0.05, 0.1) is 12.0 Å². The van der Waals surface area contributed by atoms with E-state index in [9.17, 15) is 0 Å². The molecule has 0 N–H and O–H groups in total. The van der Waals surface area contributed by atoms with Crippen molar-refractivity contribution in [2.45, 2.75) is 44.7 Å². The van der Waals surface area contributed by atoms with Crippen molar-refractivity contribution < 1.29 is 0 Å². The Kier molecular flexibility index (Phi) is 3.76. The fourth-order valence-electron chi connectivity index (χ4n) is 2.89. The van der Waals surface area contributed by atoms with E-state index in [1.165, 1.54) is 37.7 Å². The summed E-state index contributed by atoms with van der Waals surface area (Å²) in [5.74, 6) is 0. The summed E-state index contributed by atoms with van der Waals surface area (Å²) in [5.41, 5.74) is 2.40. The topological polar surface area (TPSA) is 15.6 Å². The summed E-state index contributed by atoms with van der Waals surface area (Å²) < 4.78 is 2.19. The SMILES string of the molecule is Brc1cc(Br)c2c(c1)CN(C1CCCCC1)C=N2. The van der Waals surface area contributed by atoms with Crippen molar-refractivity contribution >= 4 is 43.9 Å². The summed E-state index contributed by atoms with van der Waals surface area (Å²) in [6, 6.07) is 4.94. The number of nitrogens with zero attached hydrogens (tertiary/aromatic N) is 2. The molecule has 96 valence electrons. The number of fused-ring (bicyclic) bond motifs is 1. The van der Waals surface area contributed by atoms with E-state index in [2.05, 4.69) is 53.9 Å². The van der Waals surface area contributed by atoms with Crippen LogP contribution in [-0.2, 0) is 6.54 Å². The summed E-state index contributed by atoms with van der Waals surface area (Å²) >= 11 is 7.14. The quantitative estimate of drug-likeness (QED) is 0.676. The second-order valence-electron chi connectivity index (χ2n) is 5.10. The van der Waals surface area contributed by atoms with E-state index < -0.39 is 0 Å². The second-order valence-corrected chi connectivity index (χ2v) is 6.87. The van der Waals surface area contributed by atoms with Gasteiger partial charge in [0.15, 0.2) is 0 Å². The highest BCUT2D eigenvalue weighted by Gasteiger charge is 2.23. The van der Waals surface area contributed by atoms with Crippen LogP contribution in [0.1, 0.15) is 37.7 Å². The molecule has 3 rings (SSSR count). The molecule has 0 saturated heterocycles. The monoisotopic (exact) mass is 370 g/mol. The summed E-state index contributed by atoms with van der Waals surface area (Å²) in [7, 11) is 0. The van der Waals surface area contributed by atoms with Crippen LogP contribution >= 0.6 is 31.9 Å². The lowest BCUT2D eigenvalue weighted by Crippen LogP contribution is -2.36. The molecule has 1 aliphatic heterocycles. The molecule has 0 spiro atoms. The molecule has 1 aromatic rings. The van der Waals surface area contributed by atoms with Crippen LogP contribution in [0.3, 0.4) is 0 Å². The van der Waals surface area contributed by atoms with Gasteiger partial charge in [-0.3, -0.25) is 0 Å². The van der Waals surface area contributed by atoms with Gasteiger partial charge in [0, 0.05) is 21.5 Å². The number of rotatable bonds is 1. The van der Waals surface area contributed by atoms with Crippen LogP contribution in [0.5, 0.6) is 0 Å². The Morgan fingerprint density at radius 1 is 1.11 bits per heavy atom. The standard InChI is InChI=1S/C14H16Br2N2/c15-11-6-10-8-18(12-4-2-1-3-5-12)9-17-14(10)13(16)7-11/h6-7,9,12H,1-5,8H2. The predicted molar refractivity (Wildman–Crippen MR) is 82.4 cm³/mol. The van der Waals surface area contributed by atoms with E-state index >= 15 is 0 Å². The number of hydrogen-bond donors (Lipinski definition) is 0. The molecule has 18 heavy (non-hydrogen) atoms. The zero-order valence-corrected chi connectivity index (χ0v) is 13.4. The van der Waals surface area contributed by atoms with Crippen LogP contribution in [0, 0.1) is 0 Å². The molecule has 1 fully saturated rings. The summed E-state index contributed by atoms with van der Waals surface area (Å²) in [6.07, 6.45) is 8.80. The van der Waals surface area contributed by atoms with Crippen LogP contribution in [0.2, 0.25) is 0 Å². The number of hydrogen-bond acceptors (Lipinski definition) is 2. The third kappa shape index (κ3) is 2.50. The zero-order valence-electron chi connectivity index (χ0n) is 10.2. The number of benzene rings is 1. The maximum absolute atomic E-state index is 4.62. The highest BCUT2D eigenvalue weighted by atomic mass is 79.9. The van der Waals surface area contributed by atoms with Crippen LogP contribution in [0.4, 0.5) is 5.69 Å². The molecule has 0 amide bonds. The fraction of sp³-hybridized carbons (Fsp3) is 0.500. The van der Waals surface area contributed by atoms with E-state index in [0.29, 0.717) is 6.04 Å². The molecule has 0 atom stereocenters. The van der Waals surface area contributed by atoms with Gasteiger partial charge in [0.2, 0.25) is 0 Å². The van der Waals surface area contributed by atoms with E-state index in [0.717, 1.165) is 21.2 Å². The van der Waals surface area contributed by atoms with Crippen molar-refractivity contribution in [2.75, 3.05) is 0 Å². The average molecular weight is 372 g/mol. The highest BCUT2D eigenvalue weighted by molar-refractivity contribution is 9.11. The summed E-state index contributed by atoms with van der Waals surface area (Å²) in [5, 5.41) is 0. The highest BCUT2D eigenvalue weighted by Crippen LogP contribution is 2.36. The van der Waals surface area contributed by atoms with Crippen LogP contribution in [0.25, 0.3) is 0 Å². The van der Waals surface area contributed by atoms with E-state index in [1.54, 1.807) is 0 Å². The Hall–Kier alpha value is -0.350. The van der Waals surface area contributed by atoms with Crippen molar-refractivity contribution in [3.63, 3.8) is 0 Å². The summed E-state index contributed by atoms with van der Waals surface area (Å²) in [4.78, 5) is 7.04. The Bertz CT molecular complexity index is 479. The van der Waals surface area contributed by atoms with E-state index in [-0.39, 0.29) is 0 Å². The first-order valence-corrected chi connectivity index (χ1v) is 8.10. The Morgan fingerprint density at radius 2 is 1.89 bits per heavy atom. The number of halogens is 2. The maximum atomic E-state index is 4.62. The minimum atomic E-state index is 0.688. The van der Waals surface area contributed by atoms with Gasteiger partial charge in [-0.2, -0.15) is 0 Å². The molecule has 1 saturated carbocycles. The van der Waals surface area contributed by atoms with Crippen molar-refractivity contribution in [3.8, 4) is 0 Å².